The molecule has 0 radical (unpaired) electrons. The Hall–Kier alpha value is -2.02. The van der Waals surface area contributed by atoms with Crippen molar-refractivity contribution in [3.8, 4) is 0 Å². The van der Waals surface area contributed by atoms with E-state index in [1.165, 1.54) is 0 Å². The first kappa shape index (κ1) is 22.7. The van der Waals surface area contributed by atoms with E-state index in [9.17, 15) is 4.79 Å². The van der Waals surface area contributed by atoms with Crippen molar-refractivity contribution in [3.05, 3.63) is 75.5 Å². The third-order valence-corrected chi connectivity index (χ3v) is 6.31. The van der Waals surface area contributed by atoms with Crippen LogP contribution in [0.3, 0.4) is 0 Å². The largest absolute Gasteiger partial charge is 0.342 e. The summed E-state index contributed by atoms with van der Waals surface area (Å²) in [6.45, 7) is 6.85. The topological polar surface area (TPSA) is 59.8 Å². The third kappa shape index (κ3) is 5.36. The molecule has 30 heavy (non-hydrogen) atoms. The maximum atomic E-state index is 12.8. The molecule has 1 N–H and O–H groups in total. The lowest BCUT2D eigenvalue weighted by Gasteiger charge is -2.22. The highest BCUT2D eigenvalue weighted by atomic mass is 35.5. The van der Waals surface area contributed by atoms with Crippen molar-refractivity contribution in [2.75, 3.05) is 0 Å². The Bertz CT molecular complexity index is 1000. The van der Waals surface area contributed by atoms with Crippen LogP contribution in [0.5, 0.6) is 0 Å². The summed E-state index contributed by atoms with van der Waals surface area (Å²) >= 11 is 13.8. The molecule has 0 spiro atoms. The van der Waals surface area contributed by atoms with Gasteiger partial charge in [-0.2, -0.15) is 0 Å². The van der Waals surface area contributed by atoms with Crippen molar-refractivity contribution in [1.82, 2.24) is 20.1 Å². The fourth-order valence-electron chi connectivity index (χ4n) is 3.06. The number of carbonyl (C=O) groups excluding carboxylic acids is 1. The summed E-state index contributed by atoms with van der Waals surface area (Å²) in [5, 5.41) is 13.9. The molecule has 158 valence electrons. The molecule has 1 atom stereocenters. The Balaban J connectivity index is 1.80. The molecular weight excluding hydrogens is 439 g/mol. The van der Waals surface area contributed by atoms with Crippen molar-refractivity contribution >= 4 is 40.9 Å². The van der Waals surface area contributed by atoms with Gasteiger partial charge in [-0.05, 0) is 42.7 Å². The second-order valence-corrected chi connectivity index (χ2v) is 8.96. The number of carbonyl (C=O) groups is 1. The number of nitrogens with one attached hydrogen (secondary N) is 1. The van der Waals surface area contributed by atoms with Crippen LogP contribution in [-0.2, 0) is 12.3 Å². The zero-order valence-corrected chi connectivity index (χ0v) is 19.4. The minimum Gasteiger partial charge on any atom is -0.342 e. The second kappa shape index (κ2) is 10.3. The van der Waals surface area contributed by atoms with Crippen LogP contribution < -0.4 is 5.32 Å². The predicted octanol–water partition coefficient (Wildman–Crippen LogP) is 6.02. The average Bonchev–Trinajstić information content (AvgIpc) is 3.14. The highest BCUT2D eigenvalue weighted by Crippen LogP contribution is 2.28. The van der Waals surface area contributed by atoms with E-state index < -0.39 is 0 Å². The molecule has 0 saturated carbocycles. The van der Waals surface area contributed by atoms with E-state index in [1.54, 1.807) is 36.0 Å². The zero-order chi connectivity index (χ0) is 21.7. The van der Waals surface area contributed by atoms with Gasteiger partial charge in [0.15, 0.2) is 11.0 Å². The molecule has 0 aliphatic rings. The van der Waals surface area contributed by atoms with Crippen LogP contribution >= 0.6 is 35.0 Å². The van der Waals surface area contributed by atoms with Gasteiger partial charge >= 0.3 is 0 Å². The average molecular weight is 463 g/mol. The molecule has 2 aromatic carbocycles. The number of aromatic nitrogens is 3. The Morgan fingerprint density at radius 1 is 1.10 bits per heavy atom. The number of nitrogens with zero attached hydrogens (tertiary/aromatic N) is 3. The standard InChI is InChI=1S/C22H24Cl2N4OS/c1-4-28-20(26-27-22(28)30-13-15-9-11-16(23)12-10-15)19(14(2)3)25-21(29)17-7-5-6-8-18(17)24/h5-12,14,19H,4,13H2,1-3H3,(H,25,29)/t19-/m0/s1. The van der Waals surface area contributed by atoms with Crippen LogP contribution in [0.25, 0.3) is 0 Å². The van der Waals surface area contributed by atoms with E-state index in [1.807, 2.05) is 45.0 Å². The summed E-state index contributed by atoms with van der Waals surface area (Å²) < 4.78 is 2.05. The van der Waals surface area contributed by atoms with E-state index >= 15 is 0 Å². The fraction of sp³-hybridized carbons (Fsp3) is 0.318. The molecule has 0 aliphatic carbocycles. The third-order valence-electron chi connectivity index (χ3n) is 4.69. The molecule has 8 heteroatoms. The first-order chi connectivity index (χ1) is 14.4. The maximum Gasteiger partial charge on any atom is 0.253 e. The highest BCUT2D eigenvalue weighted by molar-refractivity contribution is 7.98. The van der Waals surface area contributed by atoms with Crippen molar-refractivity contribution in [2.24, 2.45) is 5.92 Å². The Morgan fingerprint density at radius 3 is 2.43 bits per heavy atom. The molecule has 0 saturated heterocycles. The van der Waals surface area contributed by atoms with Crippen LogP contribution in [0.15, 0.2) is 53.7 Å². The summed E-state index contributed by atoms with van der Waals surface area (Å²) in [7, 11) is 0. The van der Waals surface area contributed by atoms with E-state index in [0.29, 0.717) is 17.1 Å². The van der Waals surface area contributed by atoms with Crippen LogP contribution in [-0.4, -0.2) is 20.7 Å². The minimum atomic E-state index is -0.286. The summed E-state index contributed by atoms with van der Waals surface area (Å²) in [6.07, 6.45) is 0. The molecule has 0 bridgehead atoms. The van der Waals surface area contributed by atoms with Crippen molar-refractivity contribution in [1.29, 1.82) is 0 Å². The van der Waals surface area contributed by atoms with Crippen molar-refractivity contribution in [3.63, 3.8) is 0 Å². The van der Waals surface area contributed by atoms with Crippen LogP contribution in [0.4, 0.5) is 0 Å². The number of amides is 1. The van der Waals surface area contributed by atoms with Gasteiger partial charge in [0, 0.05) is 17.3 Å². The lowest BCUT2D eigenvalue weighted by Crippen LogP contribution is -2.34. The van der Waals surface area contributed by atoms with Gasteiger partial charge in [0.05, 0.1) is 16.6 Å². The van der Waals surface area contributed by atoms with Gasteiger partial charge in [-0.15, -0.1) is 10.2 Å². The van der Waals surface area contributed by atoms with Gasteiger partial charge in [0.1, 0.15) is 0 Å². The summed E-state index contributed by atoms with van der Waals surface area (Å²) in [5.74, 6) is 1.40. The van der Waals surface area contributed by atoms with Crippen LogP contribution in [0, 0.1) is 5.92 Å². The normalized spacial score (nSPS) is 12.2. The number of hydrogen-bond acceptors (Lipinski definition) is 4. The quantitative estimate of drug-likeness (QED) is 0.415. The number of halogens is 2. The van der Waals surface area contributed by atoms with Crippen molar-refractivity contribution < 1.29 is 4.79 Å². The van der Waals surface area contributed by atoms with E-state index in [4.69, 9.17) is 23.2 Å². The second-order valence-electron chi connectivity index (χ2n) is 7.18. The summed E-state index contributed by atoms with van der Waals surface area (Å²) in [4.78, 5) is 12.8. The maximum absolute atomic E-state index is 12.8. The molecule has 0 aliphatic heterocycles. The van der Waals surface area contributed by atoms with Gasteiger partial charge in [0.25, 0.3) is 5.91 Å². The first-order valence-electron chi connectivity index (χ1n) is 9.76. The summed E-state index contributed by atoms with van der Waals surface area (Å²) in [5.41, 5.74) is 1.61. The van der Waals surface area contributed by atoms with E-state index in [0.717, 1.165) is 27.3 Å². The Kier molecular flexibility index (Phi) is 7.81. The highest BCUT2D eigenvalue weighted by Gasteiger charge is 2.26. The van der Waals surface area contributed by atoms with Gasteiger partial charge in [0.2, 0.25) is 0 Å². The summed E-state index contributed by atoms with van der Waals surface area (Å²) in [6, 6.07) is 14.5. The number of hydrogen-bond donors (Lipinski definition) is 1. The molecule has 0 unspecified atom stereocenters. The minimum absolute atomic E-state index is 0.125. The molecule has 3 rings (SSSR count). The van der Waals surface area contributed by atoms with E-state index in [-0.39, 0.29) is 17.9 Å². The van der Waals surface area contributed by atoms with Crippen molar-refractivity contribution in [2.45, 2.75) is 44.3 Å². The predicted molar refractivity (Wildman–Crippen MR) is 123 cm³/mol. The van der Waals surface area contributed by atoms with Gasteiger partial charge in [-0.25, -0.2) is 0 Å². The SMILES string of the molecule is CCn1c(SCc2ccc(Cl)cc2)nnc1[C@@H](NC(=O)c1ccccc1Cl)C(C)C. The monoisotopic (exact) mass is 462 g/mol. The molecule has 1 aromatic heterocycles. The molecule has 5 nitrogen and oxygen atoms in total. The number of benzene rings is 2. The molecule has 3 aromatic rings. The smallest absolute Gasteiger partial charge is 0.253 e. The lowest BCUT2D eigenvalue weighted by molar-refractivity contribution is 0.0922. The van der Waals surface area contributed by atoms with Gasteiger partial charge in [-0.3, -0.25) is 4.79 Å². The Labute approximate surface area is 191 Å². The van der Waals surface area contributed by atoms with E-state index in [2.05, 4.69) is 20.1 Å². The number of rotatable bonds is 8. The van der Waals surface area contributed by atoms with Gasteiger partial charge < -0.3 is 9.88 Å². The Morgan fingerprint density at radius 2 is 1.80 bits per heavy atom. The first-order valence-corrected chi connectivity index (χ1v) is 11.5. The fourth-order valence-corrected chi connectivity index (χ4v) is 4.37. The van der Waals surface area contributed by atoms with Crippen LogP contribution in [0.2, 0.25) is 10.0 Å². The van der Waals surface area contributed by atoms with Gasteiger partial charge in [-0.1, -0.05) is 73.1 Å². The molecule has 0 fully saturated rings. The molecule has 1 heterocycles. The lowest BCUT2D eigenvalue weighted by atomic mass is 10.0. The molecular formula is C22H24Cl2N4OS. The molecule has 1 amide bonds. The zero-order valence-electron chi connectivity index (χ0n) is 17.1. The number of thioether (sulfide) groups is 1. The van der Waals surface area contributed by atoms with Crippen LogP contribution in [0.1, 0.15) is 48.6 Å².